The molecule has 0 radical (unpaired) electrons. The van der Waals surface area contributed by atoms with E-state index in [9.17, 15) is 24.6 Å². The van der Waals surface area contributed by atoms with E-state index in [1.807, 2.05) is 0 Å². The van der Waals surface area contributed by atoms with Crippen molar-refractivity contribution in [2.75, 3.05) is 22.5 Å². The monoisotopic (exact) mass is 612 g/mol. The van der Waals surface area contributed by atoms with Crippen LogP contribution in [0.15, 0.2) is 54.9 Å². The molecule has 0 aliphatic carbocycles. The van der Waals surface area contributed by atoms with Crippen LogP contribution < -0.4 is 27.8 Å². The standard InChI is InChI=1S/C28H28N12O5/c29-15-5-8-18(19(10-15)26(42)43)21-13-40(39-38-21)9-1-2-20(27(44)45)35-25(41)14-3-6-16(7-4-14)32-11-17-12-33-24-22(34-17)23(30)36-28(31)37-24/h3-8,10,12-13,20,32H,1-2,9,11,29H2,(H,35,41)(H,42,43)(H,44,45)(H4,30,31,33,36,37). The number of carboxylic acid groups (broad SMARTS) is 2. The molecule has 0 fully saturated rings. The number of aromatic carboxylic acids is 1. The van der Waals surface area contributed by atoms with Crippen molar-refractivity contribution in [3.63, 3.8) is 0 Å². The number of nitrogens with zero attached hydrogens (tertiary/aromatic N) is 7. The second-order valence-electron chi connectivity index (χ2n) is 9.92. The minimum Gasteiger partial charge on any atom is -0.480 e. The first-order valence-corrected chi connectivity index (χ1v) is 13.5. The first-order valence-electron chi connectivity index (χ1n) is 13.5. The van der Waals surface area contributed by atoms with E-state index in [1.54, 1.807) is 42.6 Å². The van der Waals surface area contributed by atoms with Gasteiger partial charge in [-0.2, -0.15) is 9.97 Å². The SMILES string of the molecule is Nc1ccc(-c2cn(CCCC(NC(=O)c3ccc(NCc4cnc5nc(N)nc(N)c5n4)cc3)C(=O)O)nn2)c(C(=O)O)c1. The quantitative estimate of drug-likeness (QED) is 0.0980. The van der Waals surface area contributed by atoms with Crippen molar-refractivity contribution in [2.24, 2.45) is 0 Å². The van der Waals surface area contributed by atoms with E-state index in [2.05, 4.69) is 40.9 Å². The number of carbonyl (C=O) groups is 3. The second kappa shape index (κ2) is 12.9. The molecular formula is C28H28N12O5. The number of carbonyl (C=O) groups excluding carboxylic acids is 1. The van der Waals surface area contributed by atoms with Crippen molar-refractivity contribution < 1.29 is 24.6 Å². The van der Waals surface area contributed by atoms with Gasteiger partial charge in [0.1, 0.15) is 11.7 Å². The number of carboxylic acids is 2. The van der Waals surface area contributed by atoms with E-state index in [4.69, 9.17) is 17.2 Å². The molecule has 0 saturated heterocycles. The zero-order valence-electron chi connectivity index (χ0n) is 23.6. The average molecular weight is 613 g/mol. The highest BCUT2D eigenvalue weighted by Crippen LogP contribution is 2.24. The molecule has 1 unspecified atom stereocenters. The first-order chi connectivity index (χ1) is 21.6. The third kappa shape index (κ3) is 7.16. The maximum absolute atomic E-state index is 12.8. The van der Waals surface area contributed by atoms with Crippen LogP contribution in [-0.2, 0) is 17.9 Å². The van der Waals surface area contributed by atoms with Crippen molar-refractivity contribution >= 4 is 52.2 Å². The van der Waals surface area contributed by atoms with Crippen LogP contribution in [0.1, 0.15) is 39.3 Å². The van der Waals surface area contributed by atoms with Crippen LogP contribution >= 0.6 is 0 Å². The number of amides is 1. The molecule has 0 spiro atoms. The fourth-order valence-corrected chi connectivity index (χ4v) is 4.45. The zero-order chi connectivity index (χ0) is 32.1. The highest BCUT2D eigenvalue weighted by Gasteiger charge is 2.21. The number of nitrogens with one attached hydrogen (secondary N) is 2. The van der Waals surface area contributed by atoms with Gasteiger partial charge in [0, 0.05) is 29.0 Å². The lowest BCUT2D eigenvalue weighted by Gasteiger charge is -2.15. The number of fused-ring (bicyclic) bond motifs is 1. The number of anilines is 4. The van der Waals surface area contributed by atoms with Gasteiger partial charge in [-0.25, -0.2) is 19.6 Å². The summed E-state index contributed by atoms with van der Waals surface area (Å²) in [7, 11) is 0. The molecule has 17 heteroatoms. The highest BCUT2D eigenvalue weighted by molar-refractivity contribution is 5.97. The van der Waals surface area contributed by atoms with Crippen LogP contribution in [0.2, 0.25) is 0 Å². The van der Waals surface area contributed by atoms with E-state index < -0.39 is 23.9 Å². The highest BCUT2D eigenvalue weighted by atomic mass is 16.4. The van der Waals surface area contributed by atoms with Crippen molar-refractivity contribution in [3.05, 3.63) is 71.7 Å². The molecular weight excluding hydrogens is 584 g/mol. The summed E-state index contributed by atoms with van der Waals surface area (Å²) in [6.07, 6.45) is 3.56. The predicted octanol–water partition coefficient (Wildman–Crippen LogP) is 1.40. The fraction of sp³-hybridized carbons (Fsp3) is 0.179. The van der Waals surface area contributed by atoms with Gasteiger partial charge in [0.15, 0.2) is 17.0 Å². The normalized spacial score (nSPS) is 11.6. The van der Waals surface area contributed by atoms with E-state index in [-0.39, 0.29) is 35.0 Å². The van der Waals surface area contributed by atoms with Crippen LogP contribution in [-0.4, -0.2) is 69.0 Å². The third-order valence-corrected chi connectivity index (χ3v) is 6.69. The molecule has 230 valence electrons. The summed E-state index contributed by atoms with van der Waals surface area (Å²) in [6.45, 7) is 0.590. The molecule has 0 aliphatic rings. The molecule has 45 heavy (non-hydrogen) atoms. The fourth-order valence-electron chi connectivity index (χ4n) is 4.45. The van der Waals surface area contributed by atoms with Crippen LogP contribution in [0.5, 0.6) is 0 Å². The first kappa shape index (κ1) is 30.1. The Morgan fingerprint density at radius 1 is 0.978 bits per heavy atom. The van der Waals surface area contributed by atoms with Gasteiger partial charge >= 0.3 is 11.9 Å². The molecule has 3 heterocycles. The van der Waals surface area contributed by atoms with Gasteiger partial charge in [0.05, 0.1) is 30.2 Å². The molecule has 17 nitrogen and oxygen atoms in total. The maximum atomic E-state index is 12.8. The van der Waals surface area contributed by atoms with E-state index in [0.717, 1.165) is 0 Å². The summed E-state index contributed by atoms with van der Waals surface area (Å²) in [4.78, 5) is 52.8. The zero-order valence-corrected chi connectivity index (χ0v) is 23.6. The molecule has 2 aromatic carbocycles. The number of hydrogen-bond donors (Lipinski definition) is 7. The van der Waals surface area contributed by atoms with Gasteiger partial charge in [-0.3, -0.25) is 9.48 Å². The number of nitrogen functional groups attached to an aromatic ring is 3. The third-order valence-electron chi connectivity index (χ3n) is 6.69. The minimum absolute atomic E-state index is 0.00814. The molecule has 1 amide bonds. The molecule has 1 atom stereocenters. The molecule has 3 aromatic heterocycles. The van der Waals surface area contributed by atoms with Crippen molar-refractivity contribution in [1.29, 1.82) is 0 Å². The molecule has 5 rings (SSSR count). The number of benzene rings is 2. The summed E-state index contributed by atoms with van der Waals surface area (Å²) in [5.41, 5.74) is 20.3. The average Bonchev–Trinajstić information content (AvgIpc) is 3.48. The van der Waals surface area contributed by atoms with Crippen molar-refractivity contribution in [2.45, 2.75) is 32.0 Å². The van der Waals surface area contributed by atoms with Crippen LogP contribution in [0, 0.1) is 0 Å². The maximum Gasteiger partial charge on any atom is 0.336 e. The molecule has 5 aromatic rings. The smallest absolute Gasteiger partial charge is 0.336 e. The van der Waals surface area contributed by atoms with Gasteiger partial charge in [-0.1, -0.05) is 5.21 Å². The largest absolute Gasteiger partial charge is 0.480 e. The summed E-state index contributed by atoms with van der Waals surface area (Å²) in [6, 6.07) is 9.80. The Hall–Kier alpha value is -6.39. The number of nitrogens with two attached hydrogens (primary N) is 3. The van der Waals surface area contributed by atoms with Gasteiger partial charge in [-0.05, 0) is 55.3 Å². The number of aryl methyl sites for hydroxylation is 1. The number of aliphatic carboxylic acids is 1. The van der Waals surface area contributed by atoms with Gasteiger partial charge in [0.2, 0.25) is 5.95 Å². The Bertz CT molecular complexity index is 1890. The van der Waals surface area contributed by atoms with Crippen LogP contribution in [0.25, 0.3) is 22.4 Å². The van der Waals surface area contributed by atoms with Gasteiger partial charge < -0.3 is 38.0 Å². The van der Waals surface area contributed by atoms with Crippen LogP contribution in [0.3, 0.4) is 0 Å². The lowest BCUT2D eigenvalue weighted by molar-refractivity contribution is -0.139. The van der Waals surface area contributed by atoms with Crippen molar-refractivity contribution in [1.82, 2.24) is 40.2 Å². The lowest BCUT2D eigenvalue weighted by atomic mass is 10.0. The summed E-state index contributed by atoms with van der Waals surface area (Å²) < 4.78 is 1.48. The van der Waals surface area contributed by atoms with E-state index >= 15 is 0 Å². The van der Waals surface area contributed by atoms with E-state index in [0.29, 0.717) is 53.4 Å². The minimum atomic E-state index is -1.18. The van der Waals surface area contributed by atoms with Crippen LogP contribution in [0.4, 0.5) is 23.1 Å². The molecule has 0 bridgehead atoms. The Kier molecular flexibility index (Phi) is 8.60. The number of aromatic nitrogens is 7. The topological polar surface area (TPSA) is 276 Å². The Labute approximate surface area is 254 Å². The number of hydrogen-bond acceptors (Lipinski definition) is 13. The molecule has 0 aliphatic heterocycles. The van der Waals surface area contributed by atoms with Gasteiger partial charge in [-0.15, -0.1) is 5.10 Å². The summed E-state index contributed by atoms with van der Waals surface area (Å²) in [5, 5.41) is 32.9. The Balaban J connectivity index is 1.14. The Morgan fingerprint density at radius 3 is 2.49 bits per heavy atom. The predicted molar refractivity (Wildman–Crippen MR) is 163 cm³/mol. The molecule has 10 N–H and O–H groups in total. The van der Waals surface area contributed by atoms with E-state index in [1.165, 1.54) is 16.9 Å². The van der Waals surface area contributed by atoms with Gasteiger partial charge in [0.25, 0.3) is 5.91 Å². The second-order valence-corrected chi connectivity index (χ2v) is 9.92. The Morgan fingerprint density at radius 2 is 1.76 bits per heavy atom. The number of rotatable bonds is 12. The lowest BCUT2D eigenvalue weighted by Crippen LogP contribution is -2.40. The molecule has 0 saturated carbocycles. The summed E-state index contributed by atoms with van der Waals surface area (Å²) >= 11 is 0. The van der Waals surface area contributed by atoms with Crippen molar-refractivity contribution in [3.8, 4) is 11.3 Å². The summed E-state index contributed by atoms with van der Waals surface area (Å²) in [5.74, 6) is -2.74.